The molecule has 3 rings (SSSR count). The Morgan fingerprint density at radius 3 is 2.67 bits per heavy atom. The van der Waals surface area contributed by atoms with Crippen molar-refractivity contribution in [3.05, 3.63) is 48.2 Å². The lowest BCUT2D eigenvalue weighted by Gasteiger charge is -2.25. The van der Waals surface area contributed by atoms with Crippen LogP contribution in [0.1, 0.15) is 48.7 Å². The molecule has 1 aromatic heterocycles. The van der Waals surface area contributed by atoms with Crippen molar-refractivity contribution in [1.29, 1.82) is 0 Å². The van der Waals surface area contributed by atoms with Crippen molar-refractivity contribution >= 4 is 29.3 Å². The Hall–Kier alpha value is -3.49. The Bertz CT molecular complexity index is 927. The van der Waals surface area contributed by atoms with Crippen molar-refractivity contribution in [3.8, 4) is 0 Å². The summed E-state index contributed by atoms with van der Waals surface area (Å²) in [6.45, 7) is 8.89. The highest BCUT2D eigenvalue weighted by atomic mass is 16.1. The normalized spacial score (nSPS) is 15.8. The van der Waals surface area contributed by atoms with Crippen LogP contribution in [0.3, 0.4) is 0 Å². The van der Waals surface area contributed by atoms with Crippen LogP contribution in [0.5, 0.6) is 0 Å². The van der Waals surface area contributed by atoms with Gasteiger partial charge in [0.1, 0.15) is 0 Å². The van der Waals surface area contributed by atoms with Gasteiger partial charge in [-0.1, -0.05) is 32.6 Å². The van der Waals surface area contributed by atoms with Gasteiger partial charge in [-0.3, -0.25) is 9.59 Å². The van der Waals surface area contributed by atoms with Crippen LogP contribution >= 0.6 is 0 Å². The number of amides is 2. The second-order valence-corrected chi connectivity index (χ2v) is 7.51. The quantitative estimate of drug-likeness (QED) is 0.570. The number of carbonyl (C=O) groups is 2. The number of carbonyl (C=O) groups excluding carboxylic acids is 2. The first-order chi connectivity index (χ1) is 14.4. The van der Waals surface area contributed by atoms with Crippen LogP contribution in [0, 0.1) is 0 Å². The summed E-state index contributed by atoms with van der Waals surface area (Å²) in [7, 11) is 0. The van der Waals surface area contributed by atoms with E-state index in [1.807, 2.05) is 29.2 Å². The van der Waals surface area contributed by atoms with Crippen molar-refractivity contribution in [2.75, 3.05) is 23.3 Å². The second-order valence-electron chi connectivity index (χ2n) is 7.51. The van der Waals surface area contributed by atoms with Crippen LogP contribution in [-0.2, 0) is 4.79 Å². The van der Waals surface area contributed by atoms with E-state index in [2.05, 4.69) is 46.2 Å². The molecule has 4 N–H and O–H groups in total. The topological polar surface area (TPSA) is 126 Å². The predicted molar refractivity (Wildman–Crippen MR) is 116 cm³/mol. The summed E-state index contributed by atoms with van der Waals surface area (Å²) < 4.78 is 0. The molecule has 1 fully saturated rings. The first-order valence-corrected chi connectivity index (χ1v) is 9.97. The van der Waals surface area contributed by atoms with Gasteiger partial charge < -0.3 is 21.3 Å². The van der Waals surface area contributed by atoms with E-state index in [0.29, 0.717) is 18.4 Å². The molecule has 0 aliphatic carbocycles. The number of hydrogen-bond donors (Lipinski definition) is 3. The molecule has 158 valence electrons. The van der Waals surface area contributed by atoms with Gasteiger partial charge in [-0.05, 0) is 42.5 Å². The molecule has 9 nitrogen and oxygen atoms in total. The Balaban J connectivity index is 1.84. The summed E-state index contributed by atoms with van der Waals surface area (Å²) in [5.74, 6) is 0.125. The van der Waals surface area contributed by atoms with E-state index in [9.17, 15) is 9.59 Å². The van der Waals surface area contributed by atoms with E-state index in [1.54, 1.807) is 0 Å². The summed E-state index contributed by atoms with van der Waals surface area (Å²) >= 11 is 0. The molecule has 0 bridgehead atoms. The van der Waals surface area contributed by atoms with Gasteiger partial charge in [-0.25, -0.2) is 0 Å². The van der Waals surface area contributed by atoms with Crippen molar-refractivity contribution in [2.45, 2.75) is 38.6 Å². The van der Waals surface area contributed by atoms with Gasteiger partial charge in [-0.2, -0.15) is 4.98 Å². The average molecular weight is 409 g/mol. The van der Waals surface area contributed by atoms with Gasteiger partial charge >= 0.3 is 0 Å². The molecule has 2 aromatic rings. The SMILES string of the molecule is C=CC(=O)NC[C@H]1CCCN1c1nnc(C(N)=O)c(Nc2ccc(C(C)C)cc2)n1. The van der Waals surface area contributed by atoms with Crippen LogP contribution in [0.4, 0.5) is 17.5 Å². The van der Waals surface area contributed by atoms with E-state index < -0.39 is 5.91 Å². The number of nitrogens with one attached hydrogen (secondary N) is 2. The number of anilines is 3. The smallest absolute Gasteiger partial charge is 0.273 e. The minimum atomic E-state index is -0.709. The highest BCUT2D eigenvalue weighted by Crippen LogP contribution is 2.25. The lowest BCUT2D eigenvalue weighted by molar-refractivity contribution is -0.116. The Labute approximate surface area is 175 Å². The number of rotatable bonds is 8. The molecule has 30 heavy (non-hydrogen) atoms. The number of primary amides is 1. The van der Waals surface area contributed by atoms with Gasteiger partial charge in [0.15, 0.2) is 11.5 Å². The number of nitrogens with two attached hydrogens (primary N) is 1. The summed E-state index contributed by atoms with van der Waals surface area (Å²) in [6, 6.07) is 7.92. The highest BCUT2D eigenvalue weighted by molar-refractivity contribution is 5.96. The minimum absolute atomic E-state index is 0.0256. The maximum absolute atomic E-state index is 11.8. The van der Waals surface area contributed by atoms with Gasteiger partial charge in [0.05, 0.1) is 0 Å². The Morgan fingerprint density at radius 1 is 1.30 bits per heavy atom. The van der Waals surface area contributed by atoms with Crippen molar-refractivity contribution in [3.63, 3.8) is 0 Å². The standard InChI is InChI=1S/C21H27N7O2/c1-4-17(29)23-12-16-6-5-11-28(16)21-25-20(18(19(22)30)26-27-21)24-15-9-7-14(8-10-15)13(2)3/h4,7-10,13,16H,1,5-6,11-12H2,2-3H3,(H2,22,30)(H,23,29)(H,24,25,27)/t16-/m1/s1. The molecule has 0 spiro atoms. The van der Waals surface area contributed by atoms with Crippen LogP contribution in [0.15, 0.2) is 36.9 Å². The zero-order valence-electron chi connectivity index (χ0n) is 17.3. The Morgan fingerprint density at radius 2 is 2.03 bits per heavy atom. The fourth-order valence-corrected chi connectivity index (χ4v) is 3.38. The molecule has 1 aliphatic rings. The maximum Gasteiger partial charge on any atom is 0.273 e. The molecular formula is C21H27N7O2. The van der Waals surface area contributed by atoms with Crippen molar-refractivity contribution in [1.82, 2.24) is 20.5 Å². The zero-order valence-corrected chi connectivity index (χ0v) is 17.3. The molecule has 1 aromatic carbocycles. The summed E-state index contributed by atoms with van der Waals surface area (Å²) in [4.78, 5) is 29.8. The van der Waals surface area contributed by atoms with Crippen molar-refractivity contribution < 1.29 is 9.59 Å². The molecule has 0 saturated carbocycles. The fourth-order valence-electron chi connectivity index (χ4n) is 3.38. The first kappa shape index (κ1) is 21.2. The van der Waals surface area contributed by atoms with Crippen LogP contribution in [-0.4, -0.2) is 46.1 Å². The molecule has 2 heterocycles. The lowest BCUT2D eigenvalue weighted by atomic mass is 10.0. The lowest BCUT2D eigenvalue weighted by Crippen LogP contribution is -2.40. The van der Waals surface area contributed by atoms with E-state index >= 15 is 0 Å². The van der Waals surface area contributed by atoms with E-state index in [4.69, 9.17) is 5.73 Å². The number of nitrogens with zero attached hydrogens (tertiary/aromatic N) is 4. The van der Waals surface area contributed by atoms with Crippen LogP contribution < -0.4 is 21.3 Å². The Kier molecular flexibility index (Phi) is 6.61. The maximum atomic E-state index is 11.8. The highest BCUT2D eigenvalue weighted by Gasteiger charge is 2.28. The average Bonchev–Trinajstić information content (AvgIpc) is 3.20. The molecule has 2 amide bonds. The van der Waals surface area contributed by atoms with Crippen LogP contribution in [0.25, 0.3) is 0 Å². The van der Waals surface area contributed by atoms with E-state index in [-0.39, 0.29) is 23.5 Å². The van der Waals surface area contributed by atoms with Gasteiger partial charge in [-0.15, -0.1) is 10.2 Å². The summed E-state index contributed by atoms with van der Waals surface area (Å²) in [5, 5.41) is 14.1. The third-order valence-electron chi connectivity index (χ3n) is 5.08. The summed E-state index contributed by atoms with van der Waals surface area (Å²) in [5.41, 5.74) is 7.42. The number of aromatic nitrogens is 3. The van der Waals surface area contributed by atoms with Gasteiger partial charge in [0.2, 0.25) is 11.9 Å². The number of benzene rings is 1. The molecular weight excluding hydrogens is 382 g/mol. The minimum Gasteiger partial charge on any atom is -0.364 e. The third-order valence-corrected chi connectivity index (χ3v) is 5.08. The van der Waals surface area contributed by atoms with Crippen molar-refractivity contribution in [2.24, 2.45) is 5.73 Å². The zero-order chi connectivity index (χ0) is 21.7. The summed E-state index contributed by atoms with van der Waals surface area (Å²) in [6.07, 6.45) is 3.07. The largest absolute Gasteiger partial charge is 0.364 e. The first-order valence-electron chi connectivity index (χ1n) is 9.97. The molecule has 1 aliphatic heterocycles. The van der Waals surface area contributed by atoms with Gasteiger partial charge in [0.25, 0.3) is 5.91 Å². The van der Waals surface area contributed by atoms with E-state index in [1.165, 1.54) is 11.6 Å². The molecule has 0 radical (unpaired) electrons. The van der Waals surface area contributed by atoms with Gasteiger partial charge in [0, 0.05) is 24.8 Å². The fraction of sp³-hybridized carbons (Fsp3) is 0.381. The number of hydrogen-bond acceptors (Lipinski definition) is 7. The second kappa shape index (κ2) is 9.34. The molecule has 9 heteroatoms. The third kappa shape index (κ3) is 4.91. The molecule has 0 unspecified atom stereocenters. The molecule has 1 atom stereocenters. The molecule has 1 saturated heterocycles. The monoisotopic (exact) mass is 409 g/mol. The van der Waals surface area contributed by atoms with E-state index in [0.717, 1.165) is 25.1 Å². The van der Waals surface area contributed by atoms with Crippen LogP contribution in [0.2, 0.25) is 0 Å². The predicted octanol–water partition coefficient (Wildman–Crippen LogP) is 2.11.